The van der Waals surface area contributed by atoms with E-state index in [9.17, 15) is 13.2 Å². The van der Waals surface area contributed by atoms with Crippen LogP contribution in [0.2, 0.25) is 0 Å². The van der Waals surface area contributed by atoms with E-state index in [0.29, 0.717) is 35.9 Å². The van der Waals surface area contributed by atoms with Crippen molar-refractivity contribution in [3.63, 3.8) is 0 Å². The van der Waals surface area contributed by atoms with Gasteiger partial charge in [0.1, 0.15) is 11.5 Å². The Morgan fingerprint density at radius 2 is 1.83 bits per heavy atom. The second kappa shape index (κ2) is 10.8. The second-order valence-electron chi connectivity index (χ2n) is 6.66. The number of carbonyl (C=O) groups is 1. The molecule has 2 aromatic carbocycles. The molecule has 0 heterocycles. The van der Waals surface area contributed by atoms with Crippen molar-refractivity contribution in [3.8, 4) is 11.5 Å². The molecule has 0 saturated carbocycles. The number of hydrogen-bond acceptors (Lipinski definition) is 6. The van der Waals surface area contributed by atoms with E-state index >= 15 is 0 Å². The lowest BCUT2D eigenvalue weighted by Crippen LogP contribution is -2.31. The summed E-state index contributed by atoms with van der Waals surface area (Å²) in [6, 6.07) is 12.3. The Hall–Kier alpha value is -2.78. The van der Waals surface area contributed by atoms with E-state index in [1.165, 1.54) is 18.5 Å². The smallest absolute Gasteiger partial charge is 0.232 e. The molecule has 0 aliphatic heterocycles. The molecule has 30 heavy (non-hydrogen) atoms. The highest BCUT2D eigenvalue weighted by atomic mass is 32.2. The Bertz CT molecular complexity index is 962. The number of carbonyl (C=O) groups excluding carboxylic acids is 1. The highest BCUT2D eigenvalue weighted by Crippen LogP contribution is 2.33. The van der Waals surface area contributed by atoms with Crippen LogP contribution in [0.5, 0.6) is 11.5 Å². The van der Waals surface area contributed by atoms with Gasteiger partial charge in [0, 0.05) is 31.8 Å². The molecule has 0 aliphatic carbocycles. The normalized spacial score (nSPS) is 11.1. The van der Waals surface area contributed by atoms with Gasteiger partial charge in [0.25, 0.3) is 0 Å². The van der Waals surface area contributed by atoms with E-state index in [4.69, 9.17) is 14.2 Å². The van der Waals surface area contributed by atoms with Crippen LogP contribution in [0.1, 0.15) is 18.4 Å². The standard InChI is InChI=1S/C21H28N2O6S/c1-27-15-16-7-5-8-17(13-16)22-21(24)9-6-12-23(30(4,25)26)19-11-10-18(28-2)14-20(19)29-3/h5,7-8,10-11,13-14H,6,9,12,15H2,1-4H3,(H,22,24). The molecule has 164 valence electrons. The predicted octanol–water partition coefficient (Wildman–Crippen LogP) is 3.04. The quantitative estimate of drug-likeness (QED) is 0.582. The lowest BCUT2D eigenvalue weighted by atomic mass is 10.2. The highest BCUT2D eigenvalue weighted by molar-refractivity contribution is 7.92. The zero-order valence-corrected chi connectivity index (χ0v) is 18.5. The number of nitrogens with zero attached hydrogens (tertiary/aromatic N) is 1. The molecule has 9 heteroatoms. The van der Waals surface area contributed by atoms with Gasteiger partial charge >= 0.3 is 0 Å². The number of benzene rings is 2. The van der Waals surface area contributed by atoms with Crippen molar-refractivity contribution in [2.75, 3.05) is 43.8 Å². The average molecular weight is 437 g/mol. The van der Waals surface area contributed by atoms with Crippen molar-refractivity contribution < 1.29 is 27.4 Å². The Balaban J connectivity index is 2.04. The number of nitrogens with one attached hydrogen (secondary N) is 1. The minimum Gasteiger partial charge on any atom is -0.497 e. The van der Waals surface area contributed by atoms with Crippen LogP contribution in [-0.2, 0) is 26.2 Å². The SMILES string of the molecule is COCc1cccc(NC(=O)CCCN(c2ccc(OC)cc2OC)S(C)(=O)=O)c1. The molecule has 0 radical (unpaired) electrons. The van der Waals surface area contributed by atoms with Crippen LogP contribution in [0.4, 0.5) is 11.4 Å². The summed E-state index contributed by atoms with van der Waals surface area (Å²) in [5.74, 6) is 0.734. The predicted molar refractivity (Wildman–Crippen MR) is 117 cm³/mol. The van der Waals surface area contributed by atoms with Gasteiger partial charge in [0.05, 0.1) is 32.8 Å². The van der Waals surface area contributed by atoms with E-state index < -0.39 is 10.0 Å². The minimum atomic E-state index is -3.57. The number of anilines is 2. The van der Waals surface area contributed by atoms with Crippen molar-refractivity contribution in [1.29, 1.82) is 0 Å². The van der Waals surface area contributed by atoms with Crippen LogP contribution >= 0.6 is 0 Å². The Morgan fingerprint density at radius 3 is 2.47 bits per heavy atom. The molecule has 0 unspecified atom stereocenters. The average Bonchev–Trinajstić information content (AvgIpc) is 2.70. The van der Waals surface area contributed by atoms with Crippen LogP contribution in [-0.4, -0.2) is 48.5 Å². The lowest BCUT2D eigenvalue weighted by Gasteiger charge is -2.24. The third kappa shape index (κ3) is 6.64. The Morgan fingerprint density at radius 1 is 1.07 bits per heavy atom. The van der Waals surface area contributed by atoms with E-state index in [1.54, 1.807) is 31.4 Å². The summed E-state index contributed by atoms with van der Waals surface area (Å²) in [7, 11) is 1.02. The van der Waals surface area contributed by atoms with Gasteiger partial charge in [-0.2, -0.15) is 0 Å². The molecular weight excluding hydrogens is 408 g/mol. The highest BCUT2D eigenvalue weighted by Gasteiger charge is 2.21. The Kier molecular flexibility index (Phi) is 8.49. The fourth-order valence-corrected chi connectivity index (χ4v) is 3.94. The van der Waals surface area contributed by atoms with Gasteiger partial charge in [-0.25, -0.2) is 8.42 Å². The van der Waals surface area contributed by atoms with E-state index in [-0.39, 0.29) is 18.9 Å². The van der Waals surface area contributed by atoms with Crippen molar-refractivity contribution >= 4 is 27.3 Å². The third-order valence-corrected chi connectivity index (χ3v) is 5.52. The summed E-state index contributed by atoms with van der Waals surface area (Å²) in [5.41, 5.74) is 2.02. The molecule has 0 aliphatic rings. The summed E-state index contributed by atoms with van der Waals surface area (Å²) < 4.78 is 41.5. The van der Waals surface area contributed by atoms with Gasteiger partial charge in [0.2, 0.25) is 15.9 Å². The van der Waals surface area contributed by atoms with Gasteiger partial charge in [-0.1, -0.05) is 12.1 Å². The zero-order valence-electron chi connectivity index (χ0n) is 17.7. The largest absolute Gasteiger partial charge is 0.497 e. The fourth-order valence-electron chi connectivity index (χ4n) is 2.97. The molecular formula is C21H28N2O6S. The van der Waals surface area contributed by atoms with Crippen molar-refractivity contribution in [2.45, 2.75) is 19.4 Å². The molecule has 0 spiro atoms. The van der Waals surface area contributed by atoms with E-state index in [0.717, 1.165) is 11.8 Å². The summed E-state index contributed by atoms with van der Waals surface area (Å²) in [5, 5.41) is 2.83. The summed E-state index contributed by atoms with van der Waals surface area (Å²) >= 11 is 0. The number of amides is 1. The first-order chi connectivity index (χ1) is 14.3. The fraction of sp³-hybridized carbons (Fsp3) is 0.381. The molecule has 0 fully saturated rings. The number of hydrogen-bond donors (Lipinski definition) is 1. The van der Waals surface area contributed by atoms with Crippen molar-refractivity contribution in [3.05, 3.63) is 48.0 Å². The van der Waals surface area contributed by atoms with Crippen molar-refractivity contribution in [1.82, 2.24) is 0 Å². The monoisotopic (exact) mass is 436 g/mol. The molecule has 2 aromatic rings. The third-order valence-electron chi connectivity index (χ3n) is 4.34. The number of methoxy groups -OCH3 is 3. The first kappa shape index (κ1) is 23.5. The molecule has 1 N–H and O–H groups in total. The van der Waals surface area contributed by atoms with E-state index in [2.05, 4.69) is 5.32 Å². The summed E-state index contributed by atoms with van der Waals surface area (Å²) in [4.78, 5) is 12.3. The molecule has 8 nitrogen and oxygen atoms in total. The number of rotatable bonds is 11. The molecule has 0 saturated heterocycles. The molecule has 0 bridgehead atoms. The maximum absolute atomic E-state index is 12.3. The molecule has 0 atom stereocenters. The molecule has 0 aromatic heterocycles. The first-order valence-electron chi connectivity index (χ1n) is 9.36. The lowest BCUT2D eigenvalue weighted by molar-refractivity contribution is -0.116. The second-order valence-corrected chi connectivity index (χ2v) is 8.56. The molecule has 2 rings (SSSR count). The maximum atomic E-state index is 12.3. The van der Waals surface area contributed by atoms with Gasteiger partial charge in [0.15, 0.2) is 0 Å². The summed E-state index contributed by atoms with van der Waals surface area (Å²) in [6.07, 6.45) is 1.63. The van der Waals surface area contributed by atoms with Gasteiger partial charge in [-0.3, -0.25) is 9.10 Å². The topological polar surface area (TPSA) is 94.2 Å². The maximum Gasteiger partial charge on any atom is 0.232 e. The van der Waals surface area contributed by atoms with Crippen LogP contribution < -0.4 is 19.1 Å². The summed E-state index contributed by atoms with van der Waals surface area (Å²) in [6.45, 7) is 0.593. The van der Waals surface area contributed by atoms with Gasteiger partial charge < -0.3 is 19.5 Å². The number of sulfonamides is 1. The van der Waals surface area contributed by atoms with Gasteiger partial charge in [-0.15, -0.1) is 0 Å². The number of ether oxygens (including phenoxy) is 3. The van der Waals surface area contributed by atoms with E-state index in [1.807, 2.05) is 18.2 Å². The molecule has 1 amide bonds. The van der Waals surface area contributed by atoms with Crippen LogP contribution in [0.3, 0.4) is 0 Å². The Labute approximate surface area is 177 Å². The van der Waals surface area contributed by atoms with Gasteiger partial charge in [-0.05, 0) is 36.2 Å². The first-order valence-corrected chi connectivity index (χ1v) is 11.2. The van der Waals surface area contributed by atoms with Crippen molar-refractivity contribution in [2.24, 2.45) is 0 Å². The van der Waals surface area contributed by atoms with Crippen LogP contribution in [0.25, 0.3) is 0 Å². The van der Waals surface area contributed by atoms with Crippen LogP contribution in [0, 0.1) is 0 Å². The van der Waals surface area contributed by atoms with Crippen LogP contribution in [0.15, 0.2) is 42.5 Å². The zero-order chi connectivity index (χ0) is 22.1. The minimum absolute atomic E-state index is 0.138.